The molecule has 132 valence electrons. The number of methoxy groups -OCH3 is 1. The van der Waals surface area contributed by atoms with E-state index in [1.165, 1.54) is 0 Å². The van der Waals surface area contributed by atoms with Gasteiger partial charge in [-0.1, -0.05) is 18.2 Å². The third-order valence-corrected chi connectivity index (χ3v) is 4.27. The minimum Gasteiger partial charge on any atom is -0.497 e. The van der Waals surface area contributed by atoms with E-state index in [9.17, 15) is 4.79 Å². The van der Waals surface area contributed by atoms with E-state index in [1.807, 2.05) is 49.4 Å². The number of hydrogen-bond donors (Lipinski definition) is 1. The molecule has 5 heteroatoms. The maximum atomic E-state index is 12.5. The summed E-state index contributed by atoms with van der Waals surface area (Å²) < 4.78 is 16.6. The molecular formula is C20H23NO4. The van der Waals surface area contributed by atoms with Crippen LogP contribution >= 0.6 is 0 Å². The molecule has 25 heavy (non-hydrogen) atoms. The summed E-state index contributed by atoms with van der Waals surface area (Å²) in [6, 6.07) is 13.4. The number of carbonyl (C=O) groups excluding carboxylic acids is 1. The number of carbonyl (C=O) groups is 1. The normalized spacial score (nSPS) is 15.7. The molecule has 0 unspecified atom stereocenters. The van der Waals surface area contributed by atoms with E-state index in [0.717, 1.165) is 28.4 Å². The van der Waals surface area contributed by atoms with Crippen molar-refractivity contribution in [1.29, 1.82) is 0 Å². The molecule has 1 amide bonds. The fourth-order valence-corrected chi connectivity index (χ4v) is 2.94. The van der Waals surface area contributed by atoms with Crippen LogP contribution < -0.4 is 19.5 Å². The van der Waals surface area contributed by atoms with Gasteiger partial charge in [-0.2, -0.15) is 0 Å². The van der Waals surface area contributed by atoms with Gasteiger partial charge in [-0.05, 0) is 43.2 Å². The average molecular weight is 341 g/mol. The zero-order valence-corrected chi connectivity index (χ0v) is 14.6. The van der Waals surface area contributed by atoms with Crippen molar-refractivity contribution in [3.63, 3.8) is 0 Å². The first-order chi connectivity index (χ1) is 12.2. The molecule has 0 fully saturated rings. The standard InChI is InChI=1S/C20H23NO4/c1-3-24-18-7-5-4-6-14(18)12-21-20(22)16-10-15-11-17(23-2)8-9-19(15)25-13-16/h4-9,11,16H,3,10,12-13H2,1-2H3,(H,21,22)/t16-/m0/s1. The molecule has 0 saturated heterocycles. The summed E-state index contributed by atoms with van der Waals surface area (Å²) in [5, 5.41) is 3.00. The first kappa shape index (κ1) is 17.1. The average Bonchev–Trinajstić information content (AvgIpc) is 2.66. The topological polar surface area (TPSA) is 56.8 Å². The van der Waals surface area contributed by atoms with Crippen LogP contribution in [0.3, 0.4) is 0 Å². The van der Waals surface area contributed by atoms with Crippen molar-refractivity contribution in [1.82, 2.24) is 5.32 Å². The summed E-state index contributed by atoms with van der Waals surface area (Å²) in [5.74, 6) is 2.18. The van der Waals surface area contributed by atoms with E-state index < -0.39 is 0 Å². The molecule has 0 aliphatic carbocycles. The highest BCUT2D eigenvalue weighted by molar-refractivity contribution is 5.79. The zero-order chi connectivity index (χ0) is 17.6. The highest BCUT2D eigenvalue weighted by Gasteiger charge is 2.26. The lowest BCUT2D eigenvalue weighted by Gasteiger charge is -2.25. The van der Waals surface area contributed by atoms with Crippen LogP contribution in [0, 0.1) is 5.92 Å². The van der Waals surface area contributed by atoms with Gasteiger partial charge < -0.3 is 19.5 Å². The number of rotatable bonds is 6. The van der Waals surface area contributed by atoms with Crippen molar-refractivity contribution in [2.75, 3.05) is 20.3 Å². The Kier molecular flexibility index (Phi) is 5.43. The Morgan fingerprint density at radius 2 is 2.12 bits per heavy atom. The van der Waals surface area contributed by atoms with E-state index in [1.54, 1.807) is 7.11 Å². The molecule has 1 heterocycles. The van der Waals surface area contributed by atoms with Crippen LogP contribution in [0.1, 0.15) is 18.1 Å². The molecule has 1 atom stereocenters. The highest BCUT2D eigenvalue weighted by Crippen LogP contribution is 2.30. The molecular weight excluding hydrogens is 318 g/mol. The van der Waals surface area contributed by atoms with Crippen LogP contribution in [-0.2, 0) is 17.8 Å². The lowest BCUT2D eigenvalue weighted by atomic mass is 9.95. The number of para-hydroxylation sites is 1. The molecule has 2 aromatic rings. The Morgan fingerprint density at radius 3 is 2.92 bits per heavy atom. The van der Waals surface area contributed by atoms with Crippen molar-refractivity contribution < 1.29 is 19.0 Å². The van der Waals surface area contributed by atoms with Gasteiger partial charge in [0.25, 0.3) is 0 Å². The predicted molar refractivity (Wildman–Crippen MR) is 95.1 cm³/mol. The van der Waals surface area contributed by atoms with E-state index in [0.29, 0.717) is 26.2 Å². The number of nitrogens with one attached hydrogen (secondary N) is 1. The van der Waals surface area contributed by atoms with Gasteiger partial charge in [0.1, 0.15) is 23.9 Å². The smallest absolute Gasteiger partial charge is 0.227 e. The van der Waals surface area contributed by atoms with E-state index in [-0.39, 0.29) is 11.8 Å². The number of fused-ring (bicyclic) bond motifs is 1. The lowest BCUT2D eigenvalue weighted by Crippen LogP contribution is -2.37. The van der Waals surface area contributed by atoms with Crippen LogP contribution in [0.4, 0.5) is 0 Å². The molecule has 0 spiro atoms. The summed E-state index contributed by atoms with van der Waals surface area (Å²) in [6.45, 7) is 3.37. The maximum Gasteiger partial charge on any atom is 0.227 e. The van der Waals surface area contributed by atoms with Crippen LogP contribution in [0.5, 0.6) is 17.2 Å². The molecule has 1 N–H and O–H groups in total. The fourth-order valence-electron chi connectivity index (χ4n) is 2.94. The number of hydrogen-bond acceptors (Lipinski definition) is 4. The first-order valence-electron chi connectivity index (χ1n) is 8.49. The minimum atomic E-state index is -0.209. The third kappa shape index (κ3) is 4.05. The quantitative estimate of drug-likeness (QED) is 0.878. The second-order valence-electron chi connectivity index (χ2n) is 5.94. The Labute approximate surface area is 147 Å². The van der Waals surface area contributed by atoms with E-state index in [4.69, 9.17) is 14.2 Å². The Balaban J connectivity index is 1.62. The zero-order valence-electron chi connectivity index (χ0n) is 14.6. The lowest BCUT2D eigenvalue weighted by molar-refractivity contribution is -0.126. The second-order valence-corrected chi connectivity index (χ2v) is 5.94. The Morgan fingerprint density at radius 1 is 1.28 bits per heavy atom. The van der Waals surface area contributed by atoms with Crippen molar-refractivity contribution in [3.8, 4) is 17.2 Å². The van der Waals surface area contributed by atoms with Crippen molar-refractivity contribution in [2.24, 2.45) is 5.92 Å². The molecule has 0 aromatic heterocycles. The maximum absolute atomic E-state index is 12.5. The van der Waals surface area contributed by atoms with Crippen LogP contribution in [0.2, 0.25) is 0 Å². The molecule has 0 bridgehead atoms. The minimum absolute atomic E-state index is 0.0141. The fraction of sp³-hybridized carbons (Fsp3) is 0.350. The largest absolute Gasteiger partial charge is 0.497 e. The Hall–Kier alpha value is -2.69. The molecule has 0 radical (unpaired) electrons. The van der Waals surface area contributed by atoms with Gasteiger partial charge >= 0.3 is 0 Å². The first-order valence-corrected chi connectivity index (χ1v) is 8.49. The molecule has 2 aromatic carbocycles. The molecule has 5 nitrogen and oxygen atoms in total. The number of benzene rings is 2. The van der Waals surface area contributed by atoms with Crippen LogP contribution in [0.25, 0.3) is 0 Å². The second kappa shape index (κ2) is 7.92. The van der Waals surface area contributed by atoms with Gasteiger partial charge in [0.2, 0.25) is 5.91 Å². The van der Waals surface area contributed by atoms with Crippen molar-refractivity contribution >= 4 is 5.91 Å². The van der Waals surface area contributed by atoms with Crippen molar-refractivity contribution in [3.05, 3.63) is 53.6 Å². The summed E-state index contributed by atoms with van der Waals surface area (Å²) in [6.07, 6.45) is 0.644. The van der Waals surface area contributed by atoms with Gasteiger partial charge in [0, 0.05) is 12.1 Å². The van der Waals surface area contributed by atoms with Crippen LogP contribution in [0.15, 0.2) is 42.5 Å². The van der Waals surface area contributed by atoms with Crippen LogP contribution in [-0.4, -0.2) is 26.2 Å². The van der Waals surface area contributed by atoms with Crippen molar-refractivity contribution in [2.45, 2.75) is 19.9 Å². The van der Waals surface area contributed by atoms with Gasteiger partial charge in [-0.15, -0.1) is 0 Å². The summed E-state index contributed by atoms with van der Waals surface area (Å²) in [5.41, 5.74) is 1.97. The van der Waals surface area contributed by atoms with E-state index in [2.05, 4.69) is 5.32 Å². The van der Waals surface area contributed by atoms with Gasteiger partial charge in [-0.25, -0.2) is 0 Å². The highest BCUT2D eigenvalue weighted by atomic mass is 16.5. The predicted octanol–water partition coefficient (Wildman–Crippen LogP) is 2.96. The molecule has 1 aliphatic rings. The summed E-state index contributed by atoms with van der Waals surface area (Å²) >= 11 is 0. The molecule has 3 rings (SSSR count). The monoisotopic (exact) mass is 341 g/mol. The SMILES string of the molecule is CCOc1ccccc1CNC(=O)[C@@H]1COc2ccc(OC)cc2C1. The van der Waals surface area contributed by atoms with Gasteiger partial charge in [-0.3, -0.25) is 4.79 Å². The van der Waals surface area contributed by atoms with Gasteiger partial charge in [0.15, 0.2) is 0 Å². The van der Waals surface area contributed by atoms with Gasteiger partial charge in [0.05, 0.1) is 19.6 Å². The summed E-state index contributed by atoms with van der Waals surface area (Å²) in [7, 11) is 1.63. The molecule has 0 saturated carbocycles. The number of ether oxygens (including phenoxy) is 3. The molecule has 1 aliphatic heterocycles. The Bertz CT molecular complexity index is 744. The van der Waals surface area contributed by atoms with E-state index >= 15 is 0 Å². The third-order valence-electron chi connectivity index (χ3n) is 4.27. The number of amides is 1. The summed E-state index contributed by atoms with van der Waals surface area (Å²) in [4.78, 5) is 12.5.